The van der Waals surface area contributed by atoms with E-state index < -0.39 is 0 Å². The summed E-state index contributed by atoms with van der Waals surface area (Å²) in [6.45, 7) is 0.823. The lowest BCUT2D eigenvalue weighted by molar-refractivity contribution is 0.324. The summed E-state index contributed by atoms with van der Waals surface area (Å²) in [6.07, 6.45) is 3.62. The molecule has 0 fully saturated rings. The summed E-state index contributed by atoms with van der Waals surface area (Å²) in [7, 11) is 8.20. The molecule has 0 saturated carbocycles. The number of ether oxygens (including phenoxy) is 5. The van der Waals surface area contributed by atoms with Crippen LogP contribution in [0.1, 0.15) is 29.5 Å². The van der Waals surface area contributed by atoms with Gasteiger partial charge in [-0.05, 0) is 61.1 Å². The number of benzene rings is 2. The largest absolute Gasteiger partial charge is 0.493 e. The van der Waals surface area contributed by atoms with E-state index in [9.17, 15) is 0 Å². The Hall–Kier alpha value is -2.89. The molecule has 0 spiro atoms. The molecule has 0 aromatic heterocycles. The van der Waals surface area contributed by atoms with Crippen LogP contribution < -0.4 is 23.7 Å². The highest BCUT2D eigenvalue weighted by Gasteiger charge is 2.19. The van der Waals surface area contributed by atoms with Gasteiger partial charge in [0, 0.05) is 17.8 Å². The average molecular weight is 399 g/mol. The normalized spacial score (nSPS) is 13.1. The topological polar surface area (TPSA) is 58.5 Å². The summed E-state index contributed by atoms with van der Waals surface area (Å²) in [5.74, 6) is 3.42. The fraction of sp³-hybridized carbons (Fsp3) is 0.435. The monoisotopic (exact) mass is 399 g/mol. The van der Waals surface area contributed by atoms with E-state index in [2.05, 4.69) is 6.07 Å². The highest BCUT2D eigenvalue weighted by molar-refractivity contribution is 6.02. The van der Waals surface area contributed by atoms with Crippen molar-refractivity contribution in [3.05, 3.63) is 41.0 Å². The van der Waals surface area contributed by atoms with Gasteiger partial charge in [0.25, 0.3) is 0 Å². The van der Waals surface area contributed by atoms with Crippen LogP contribution in [-0.4, -0.2) is 47.8 Å². The Morgan fingerprint density at radius 1 is 0.724 bits per heavy atom. The molecule has 0 bridgehead atoms. The molecule has 0 saturated heterocycles. The molecule has 6 nitrogen and oxygen atoms in total. The minimum atomic E-state index is 0.604. The van der Waals surface area contributed by atoms with Gasteiger partial charge in [-0.15, -0.1) is 0 Å². The Bertz CT molecular complexity index is 866. The minimum Gasteiger partial charge on any atom is -0.493 e. The van der Waals surface area contributed by atoms with Crippen molar-refractivity contribution in [2.24, 2.45) is 4.99 Å². The number of methoxy groups -OCH3 is 5. The molecule has 0 N–H and O–H groups in total. The number of fused-ring (bicyclic) bond motifs is 1. The maximum atomic E-state index is 5.51. The lowest BCUT2D eigenvalue weighted by atomic mass is 9.95. The highest BCUT2D eigenvalue weighted by atomic mass is 16.5. The minimum absolute atomic E-state index is 0.604. The van der Waals surface area contributed by atoms with Crippen molar-refractivity contribution in [2.45, 2.75) is 25.7 Å². The number of aryl methyl sites for hydroxylation is 2. The van der Waals surface area contributed by atoms with Crippen LogP contribution in [0.2, 0.25) is 0 Å². The van der Waals surface area contributed by atoms with Gasteiger partial charge in [-0.3, -0.25) is 4.99 Å². The number of rotatable bonds is 8. The molecule has 3 rings (SSSR count). The van der Waals surface area contributed by atoms with Crippen molar-refractivity contribution < 1.29 is 23.7 Å². The van der Waals surface area contributed by atoms with E-state index in [1.165, 1.54) is 5.56 Å². The third kappa shape index (κ3) is 4.42. The van der Waals surface area contributed by atoms with Gasteiger partial charge in [0.1, 0.15) is 0 Å². The van der Waals surface area contributed by atoms with E-state index in [4.69, 9.17) is 28.7 Å². The molecule has 29 heavy (non-hydrogen) atoms. The van der Waals surface area contributed by atoms with Crippen LogP contribution in [0.3, 0.4) is 0 Å². The van der Waals surface area contributed by atoms with Crippen LogP contribution in [0.5, 0.6) is 28.7 Å². The van der Waals surface area contributed by atoms with E-state index in [0.29, 0.717) is 17.2 Å². The summed E-state index contributed by atoms with van der Waals surface area (Å²) in [6, 6.07) is 8.12. The van der Waals surface area contributed by atoms with E-state index in [-0.39, 0.29) is 0 Å². The maximum Gasteiger partial charge on any atom is 0.203 e. The number of nitrogens with zero attached hydrogens (tertiary/aromatic N) is 1. The first-order valence-electron chi connectivity index (χ1n) is 9.72. The summed E-state index contributed by atoms with van der Waals surface area (Å²) < 4.78 is 27.4. The number of hydrogen-bond acceptors (Lipinski definition) is 6. The van der Waals surface area contributed by atoms with E-state index in [1.54, 1.807) is 35.5 Å². The Labute approximate surface area is 172 Å². The predicted molar refractivity (Wildman–Crippen MR) is 114 cm³/mol. The molecule has 0 unspecified atom stereocenters. The van der Waals surface area contributed by atoms with Gasteiger partial charge in [0.15, 0.2) is 23.0 Å². The fourth-order valence-electron chi connectivity index (χ4n) is 3.72. The van der Waals surface area contributed by atoms with Gasteiger partial charge in [-0.25, -0.2) is 0 Å². The van der Waals surface area contributed by atoms with Crippen LogP contribution in [-0.2, 0) is 12.8 Å². The Morgan fingerprint density at radius 3 is 1.93 bits per heavy atom. The zero-order chi connectivity index (χ0) is 20.8. The van der Waals surface area contributed by atoms with Crippen molar-refractivity contribution >= 4 is 5.71 Å². The molecule has 0 aliphatic carbocycles. The second-order valence-electron chi connectivity index (χ2n) is 6.83. The van der Waals surface area contributed by atoms with E-state index in [0.717, 1.165) is 60.6 Å². The van der Waals surface area contributed by atoms with Crippen molar-refractivity contribution in [3.8, 4) is 28.7 Å². The van der Waals surface area contributed by atoms with Gasteiger partial charge in [0.05, 0.1) is 35.5 Å². The fourth-order valence-corrected chi connectivity index (χ4v) is 3.72. The molecule has 156 valence electrons. The summed E-state index contributed by atoms with van der Waals surface area (Å²) in [5, 5.41) is 0. The summed E-state index contributed by atoms with van der Waals surface area (Å²) in [5.41, 5.74) is 4.59. The van der Waals surface area contributed by atoms with E-state index >= 15 is 0 Å². The van der Waals surface area contributed by atoms with Crippen molar-refractivity contribution in [2.75, 3.05) is 42.1 Å². The summed E-state index contributed by atoms with van der Waals surface area (Å²) in [4.78, 5) is 4.86. The molecular formula is C23H29NO5. The number of aliphatic imine (C=N–C) groups is 1. The van der Waals surface area contributed by atoms with Crippen LogP contribution >= 0.6 is 0 Å². The lowest BCUT2D eigenvalue weighted by Gasteiger charge is -2.16. The van der Waals surface area contributed by atoms with Gasteiger partial charge in [-0.2, -0.15) is 0 Å². The smallest absolute Gasteiger partial charge is 0.203 e. The van der Waals surface area contributed by atoms with Gasteiger partial charge >= 0.3 is 0 Å². The Kier molecular flexibility index (Phi) is 6.86. The molecule has 2 aromatic carbocycles. The maximum absolute atomic E-state index is 5.51. The first kappa shape index (κ1) is 20.8. The van der Waals surface area contributed by atoms with Crippen LogP contribution in [0.4, 0.5) is 0 Å². The molecule has 6 heteroatoms. The molecule has 0 amide bonds. The molecular weight excluding hydrogens is 370 g/mol. The van der Waals surface area contributed by atoms with Crippen LogP contribution in [0.25, 0.3) is 0 Å². The van der Waals surface area contributed by atoms with Crippen molar-refractivity contribution in [3.63, 3.8) is 0 Å². The highest BCUT2D eigenvalue weighted by Crippen LogP contribution is 2.39. The number of hydrogen-bond donors (Lipinski definition) is 0. The second-order valence-corrected chi connectivity index (χ2v) is 6.83. The Balaban J connectivity index is 1.89. The van der Waals surface area contributed by atoms with Crippen LogP contribution in [0, 0.1) is 0 Å². The molecule has 1 aliphatic rings. The van der Waals surface area contributed by atoms with Gasteiger partial charge < -0.3 is 23.7 Å². The van der Waals surface area contributed by atoms with E-state index in [1.807, 2.05) is 18.2 Å². The van der Waals surface area contributed by atoms with Gasteiger partial charge in [-0.1, -0.05) is 0 Å². The standard InChI is InChI=1S/C23H29NO5/c1-25-19-13-16-7-6-10-24-18(17(16)14-20(19)26-2)9-8-15-11-21(27-3)23(29-5)22(12-15)28-4/h11-14H,6-10H2,1-5H3. The second kappa shape index (κ2) is 9.54. The quantitative estimate of drug-likeness (QED) is 0.669. The average Bonchev–Trinajstić information content (AvgIpc) is 2.97. The first-order chi connectivity index (χ1) is 14.1. The molecule has 1 heterocycles. The van der Waals surface area contributed by atoms with Crippen LogP contribution in [0.15, 0.2) is 29.3 Å². The lowest BCUT2D eigenvalue weighted by Crippen LogP contribution is -2.07. The zero-order valence-electron chi connectivity index (χ0n) is 17.8. The van der Waals surface area contributed by atoms with Gasteiger partial charge in [0.2, 0.25) is 5.75 Å². The van der Waals surface area contributed by atoms with Crippen molar-refractivity contribution in [1.82, 2.24) is 0 Å². The molecule has 0 radical (unpaired) electrons. The third-order valence-electron chi connectivity index (χ3n) is 5.20. The molecule has 2 aromatic rings. The first-order valence-corrected chi connectivity index (χ1v) is 9.72. The summed E-state index contributed by atoms with van der Waals surface area (Å²) >= 11 is 0. The molecule has 1 aliphatic heterocycles. The zero-order valence-corrected chi connectivity index (χ0v) is 17.8. The molecule has 0 atom stereocenters. The van der Waals surface area contributed by atoms with Crippen molar-refractivity contribution in [1.29, 1.82) is 0 Å². The Morgan fingerprint density at radius 2 is 1.34 bits per heavy atom. The third-order valence-corrected chi connectivity index (χ3v) is 5.20. The SMILES string of the molecule is COc1cc2c(cc1OC)C(CCc1cc(OC)c(OC)c(OC)c1)=NCCC2. The predicted octanol–water partition coefficient (Wildman–Crippen LogP) is 4.10.